The van der Waals surface area contributed by atoms with Gasteiger partial charge in [0.05, 0.1) is 12.7 Å². The van der Waals surface area contributed by atoms with Gasteiger partial charge in [0.15, 0.2) is 17.5 Å². The Kier molecular flexibility index (Phi) is 5.18. The van der Waals surface area contributed by atoms with E-state index < -0.39 is 47.5 Å². The highest BCUT2D eigenvalue weighted by Crippen LogP contribution is 2.44. The minimum absolute atomic E-state index is 0.201. The summed E-state index contributed by atoms with van der Waals surface area (Å²) in [5.74, 6) is -2.72. The maximum atomic E-state index is 13.7. The van der Waals surface area contributed by atoms with Crippen LogP contribution in [0.4, 0.5) is 22.0 Å². The number of alkyl halides is 5. The van der Waals surface area contributed by atoms with Gasteiger partial charge in [-0.15, -0.1) is 8.78 Å². The van der Waals surface area contributed by atoms with Crippen molar-refractivity contribution in [2.24, 2.45) is 0 Å². The third-order valence-electron chi connectivity index (χ3n) is 4.98. The van der Waals surface area contributed by atoms with Crippen LogP contribution in [0.1, 0.15) is 38.0 Å². The molecule has 33 heavy (non-hydrogen) atoms. The molecule has 0 fully saturated rings. The van der Waals surface area contributed by atoms with E-state index in [1.165, 1.54) is 19.2 Å². The second-order valence-electron chi connectivity index (χ2n) is 7.25. The van der Waals surface area contributed by atoms with Gasteiger partial charge in [0.2, 0.25) is 0 Å². The van der Waals surface area contributed by atoms with Gasteiger partial charge in [0.1, 0.15) is 5.69 Å². The fourth-order valence-corrected chi connectivity index (χ4v) is 3.45. The van der Waals surface area contributed by atoms with Crippen molar-refractivity contribution in [3.8, 4) is 11.5 Å². The van der Waals surface area contributed by atoms with E-state index >= 15 is 0 Å². The van der Waals surface area contributed by atoms with Gasteiger partial charge in [-0.2, -0.15) is 13.2 Å². The number of benzene rings is 2. The van der Waals surface area contributed by atoms with Crippen molar-refractivity contribution in [1.82, 2.24) is 10.3 Å². The van der Waals surface area contributed by atoms with Crippen LogP contribution in [0.3, 0.4) is 0 Å². The van der Waals surface area contributed by atoms with Gasteiger partial charge in [-0.25, -0.2) is 4.79 Å². The third kappa shape index (κ3) is 4.28. The molecule has 2 N–H and O–H groups in total. The molecule has 12 heteroatoms. The summed E-state index contributed by atoms with van der Waals surface area (Å²) in [6.45, 7) is 1.63. The lowest BCUT2D eigenvalue weighted by atomic mass is 10.1. The number of esters is 1. The van der Waals surface area contributed by atoms with Crippen molar-refractivity contribution >= 4 is 22.8 Å². The van der Waals surface area contributed by atoms with Gasteiger partial charge in [-0.1, -0.05) is 6.07 Å². The van der Waals surface area contributed by atoms with Crippen LogP contribution in [0.5, 0.6) is 11.5 Å². The molecule has 3 aromatic rings. The van der Waals surface area contributed by atoms with E-state index in [0.717, 1.165) is 18.2 Å². The smallest absolute Gasteiger partial charge is 0.465 e. The molecule has 0 spiro atoms. The highest BCUT2D eigenvalue weighted by Gasteiger charge is 2.46. The monoisotopic (exact) mass is 470 g/mol. The molecule has 1 aromatic heterocycles. The highest BCUT2D eigenvalue weighted by molar-refractivity contribution is 6.01. The minimum atomic E-state index is -4.95. The Labute approximate surface area is 182 Å². The van der Waals surface area contributed by atoms with Crippen molar-refractivity contribution in [3.63, 3.8) is 0 Å². The SMILES string of the molecule is COC(=O)c1cc2cc(C(=O)NC(c3ccc4c(c3)OC(F)(F)O4)C(F)(F)F)[nH]c2cc1C. The summed E-state index contributed by atoms with van der Waals surface area (Å²) >= 11 is 0. The summed E-state index contributed by atoms with van der Waals surface area (Å²) in [6, 6.07) is 4.29. The molecule has 4 rings (SSSR count). The van der Waals surface area contributed by atoms with Crippen molar-refractivity contribution < 1.29 is 45.8 Å². The van der Waals surface area contributed by atoms with Gasteiger partial charge in [0.25, 0.3) is 5.91 Å². The Morgan fingerprint density at radius 1 is 1.09 bits per heavy atom. The first kappa shape index (κ1) is 22.4. The molecule has 7 nitrogen and oxygen atoms in total. The van der Waals surface area contributed by atoms with Crippen molar-refractivity contribution in [2.45, 2.75) is 25.4 Å². The van der Waals surface area contributed by atoms with Crippen molar-refractivity contribution in [2.75, 3.05) is 7.11 Å². The lowest BCUT2D eigenvalue weighted by molar-refractivity contribution is -0.286. The molecule has 2 aromatic carbocycles. The van der Waals surface area contributed by atoms with Crippen LogP contribution >= 0.6 is 0 Å². The molecule has 0 bridgehead atoms. The number of hydrogen-bond donors (Lipinski definition) is 2. The number of aryl methyl sites for hydroxylation is 1. The zero-order chi connectivity index (χ0) is 24.1. The summed E-state index contributed by atoms with van der Waals surface area (Å²) in [7, 11) is 1.20. The number of halogens is 5. The summed E-state index contributed by atoms with van der Waals surface area (Å²) in [4.78, 5) is 27.2. The van der Waals surface area contributed by atoms with Crippen LogP contribution in [0.25, 0.3) is 10.9 Å². The van der Waals surface area contributed by atoms with Gasteiger partial charge in [-0.05, 0) is 48.4 Å². The van der Waals surface area contributed by atoms with Crippen LogP contribution in [-0.4, -0.2) is 36.4 Å². The highest BCUT2D eigenvalue weighted by atomic mass is 19.4. The number of carbonyl (C=O) groups is 2. The number of ether oxygens (including phenoxy) is 3. The van der Waals surface area contributed by atoms with Gasteiger partial charge < -0.3 is 24.5 Å². The van der Waals surface area contributed by atoms with Gasteiger partial charge >= 0.3 is 18.4 Å². The van der Waals surface area contributed by atoms with E-state index in [9.17, 15) is 31.5 Å². The number of aromatic nitrogens is 1. The number of amides is 1. The average Bonchev–Trinajstić information content (AvgIpc) is 3.27. The molecule has 1 aliphatic heterocycles. The quantitative estimate of drug-likeness (QED) is 0.429. The largest absolute Gasteiger partial charge is 0.586 e. The molecular weight excluding hydrogens is 455 g/mol. The first-order valence-electron chi connectivity index (χ1n) is 9.37. The maximum absolute atomic E-state index is 13.7. The van der Waals surface area contributed by atoms with E-state index in [1.54, 1.807) is 13.0 Å². The van der Waals surface area contributed by atoms with E-state index in [2.05, 4.69) is 19.2 Å². The molecule has 2 heterocycles. The predicted molar refractivity (Wildman–Crippen MR) is 103 cm³/mol. The third-order valence-corrected chi connectivity index (χ3v) is 4.98. The number of hydrogen-bond acceptors (Lipinski definition) is 5. The first-order valence-corrected chi connectivity index (χ1v) is 9.37. The fourth-order valence-electron chi connectivity index (χ4n) is 3.45. The Morgan fingerprint density at radius 2 is 1.79 bits per heavy atom. The number of rotatable bonds is 4. The lowest BCUT2D eigenvalue weighted by Gasteiger charge is -2.22. The summed E-state index contributed by atoms with van der Waals surface area (Å²) in [5, 5.41) is 2.26. The van der Waals surface area contributed by atoms with E-state index in [1.807, 2.05) is 5.32 Å². The van der Waals surface area contributed by atoms with Crippen molar-refractivity contribution in [1.29, 1.82) is 0 Å². The minimum Gasteiger partial charge on any atom is -0.465 e. The number of methoxy groups -OCH3 is 1. The summed E-state index contributed by atoms with van der Waals surface area (Å²) in [5.41, 5.74) is 0.456. The molecule has 1 amide bonds. The molecule has 0 saturated carbocycles. The Morgan fingerprint density at radius 3 is 2.45 bits per heavy atom. The summed E-state index contributed by atoms with van der Waals surface area (Å²) in [6.07, 6.45) is -8.95. The van der Waals surface area contributed by atoms with Crippen LogP contribution in [0.15, 0.2) is 36.4 Å². The van der Waals surface area contributed by atoms with Crippen LogP contribution < -0.4 is 14.8 Å². The zero-order valence-electron chi connectivity index (χ0n) is 17.0. The Bertz CT molecular complexity index is 1270. The zero-order valence-corrected chi connectivity index (χ0v) is 17.0. The topological polar surface area (TPSA) is 89.7 Å². The first-order chi connectivity index (χ1) is 15.4. The van der Waals surface area contributed by atoms with Gasteiger partial charge in [0, 0.05) is 10.9 Å². The molecule has 0 aliphatic carbocycles. The number of aromatic amines is 1. The average molecular weight is 470 g/mol. The molecular formula is C21H15F5N2O5. The van der Waals surface area contributed by atoms with Gasteiger partial charge in [-0.3, -0.25) is 4.79 Å². The molecule has 1 unspecified atom stereocenters. The molecule has 0 radical (unpaired) electrons. The molecule has 1 aliphatic rings. The van der Waals surface area contributed by atoms with Crippen LogP contribution in [0.2, 0.25) is 0 Å². The number of fused-ring (bicyclic) bond motifs is 2. The van der Waals surface area contributed by atoms with E-state index in [4.69, 9.17) is 0 Å². The van der Waals surface area contributed by atoms with E-state index in [0.29, 0.717) is 16.5 Å². The van der Waals surface area contributed by atoms with E-state index in [-0.39, 0.29) is 11.3 Å². The Balaban J connectivity index is 1.64. The maximum Gasteiger partial charge on any atom is 0.586 e. The number of carbonyl (C=O) groups excluding carboxylic acids is 2. The number of nitrogens with one attached hydrogen (secondary N) is 2. The summed E-state index contributed by atoms with van der Waals surface area (Å²) < 4.78 is 80.6. The Hall–Kier alpha value is -3.83. The second kappa shape index (κ2) is 7.64. The molecule has 0 saturated heterocycles. The standard InChI is InChI=1S/C21H15F5N2O5/c1-9-5-13-11(6-12(9)19(30)31-2)7-14(27-13)18(29)28-17(20(22,23)24)10-3-4-15-16(8-10)33-21(25,26)32-15/h3-8,17,27H,1-2H3,(H,28,29). The predicted octanol–water partition coefficient (Wildman–Crippen LogP) is 4.62. The molecule has 1 atom stereocenters. The van der Waals surface area contributed by atoms with Crippen molar-refractivity contribution in [3.05, 3.63) is 58.8 Å². The fraction of sp³-hybridized carbons (Fsp3) is 0.238. The molecule has 174 valence electrons. The lowest BCUT2D eigenvalue weighted by Crippen LogP contribution is -2.38. The normalized spacial score (nSPS) is 15.4. The number of H-pyrrole nitrogens is 1. The van der Waals surface area contributed by atoms with Crippen LogP contribution in [-0.2, 0) is 4.74 Å². The van der Waals surface area contributed by atoms with Crippen LogP contribution in [0, 0.1) is 6.92 Å². The second-order valence-corrected chi connectivity index (χ2v) is 7.25.